The Hall–Kier alpha value is -0.980. The lowest BCUT2D eigenvalue weighted by molar-refractivity contribution is 0.468. The van der Waals surface area contributed by atoms with Crippen molar-refractivity contribution >= 4 is 0 Å². The number of phenols is 1. The first kappa shape index (κ1) is 10.1. The molecule has 13 heavy (non-hydrogen) atoms. The molecule has 72 valence electrons. The molecule has 1 atom stereocenters. The summed E-state index contributed by atoms with van der Waals surface area (Å²) in [7, 11) is 0. The molecular weight excluding hydrogens is 160 g/mol. The van der Waals surface area contributed by atoms with Gasteiger partial charge in [-0.1, -0.05) is 32.4 Å². The average molecular weight is 178 g/mol. The zero-order chi connectivity index (χ0) is 9.84. The van der Waals surface area contributed by atoms with E-state index in [2.05, 4.69) is 19.9 Å². The maximum absolute atomic E-state index is 9.49. The summed E-state index contributed by atoms with van der Waals surface area (Å²) in [6.07, 6.45) is 2.26. The van der Waals surface area contributed by atoms with E-state index in [1.807, 2.05) is 13.0 Å². The second-order valence-corrected chi connectivity index (χ2v) is 3.78. The molecular formula is C12H18O. The van der Waals surface area contributed by atoms with Gasteiger partial charge in [0.1, 0.15) is 5.75 Å². The molecule has 0 fully saturated rings. The summed E-state index contributed by atoms with van der Waals surface area (Å²) in [5.41, 5.74) is 2.30. The van der Waals surface area contributed by atoms with E-state index >= 15 is 0 Å². The third kappa shape index (κ3) is 2.48. The summed E-state index contributed by atoms with van der Waals surface area (Å²) in [6.45, 7) is 6.42. The minimum Gasteiger partial charge on any atom is -0.508 e. The van der Waals surface area contributed by atoms with Gasteiger partial charge in [0.05, 0.1) is 0 Å². The third-order valence-corrected chi connectivity index (χ3v) is 2.68. The summed E-state index contributed by atoms with van der Waals surface area (Å²) in [6, 6.07) is 5.76. The molecule has 0 aromatic heterocycles. The van der Waals surface area contributed by atoms with Crippen molar-refractivity contribution in [2.24, 2.45) is 5.92 Å². The minimum absolute atomic E-state index is 0.417. The maximum Gasteiger partial charge on any atom is 0.118 e. The lowest BCUT2D eigenvalue weighted by Gasteiger charge is -2.11. The van der Waals surface area contributed by atoms with Crippen LogP contribution in [0, 0.1) is 12.8 Å². The maximum atomic E-state index is 9.49. The van der Waals surface area contributed by atoms with E-state index in [4.69, 9.17) is 0 Å². The predicted molar refractivity (Wildman–Crippen MR) is 56.0 cm³/mol. The van der Waals surface area contributed by atoms with Crippen LogP contribution in [0.4, 0.5) is 0 Å². The van der Waals surface area contributed by atoms with E-state index in [1.54, 1.807) is 6.07 Å². The van der Waals surface area contributed by atoms with Crippen molar-refractivity contribution in [3.63, 3.8) is 0 Å². The average Bonchev–Trinajstić information content (AvgIpc) is 2.13. The quantitative estimate of drug-likeness (QED) is 0.753. The lowest BCUT2D eigenvalue weighted by atomic mass is 9.95. The smallest absolute Gasteiger partial charge is 0.118 e. The molecule has 0 radical (unpaired) electrons. The predicted octanol–water partition coefficient (Wildman–Crippen LogP) is 3.29. The molecule has 0 amide bonds. The van der Waals surface area contributed by atoms with Gasteiger partial charge in [0.25, 0.3) is 0 Å². The zero-order valence-corrected chi connectivity index (χ0v) is 8.67. The topological polar surface area (TPSA) is 20.2 Å². The highest BCUT2D eigenvalue weighted by molar-refractivity contribution is 5.38. The highest BCUT2D eigenvalue weighted by Gasteiger charge is 2.05. The summed E-state index contributed by atoms with van der Waals surface area (Å²) in [5.74, 6) is 1.11. The van der Waals surface area contributed by atoms with Gasteiger partial charge in [-0.15, -0.1) is 0 Å². The molecule has 0 aliphatic carbocycles. The number of hydrogen-bond donors (Lipinski definition) is 1. The van der Waals surface area contributed by atoms with Crippen LogP contribution in [0.2, 0.25) is 0 Å². The first-order valence-electron chi connectivity index (χ1n) is 4.92. The normalized spacial score (nSPS) is 12.8. The van der Waals surface area contributed by atoms with Crippen molar-refractivity contribution in [1.82, 2.24) is 0 Å². The number of aromatic hydroxyl groups is 1. The summed E-state index contributed by atoms with van der Waals surface area (Å²) in [5, 5.41) is 9.49. The van der Waals surface area contributed by atoms with Crippen LogP contribution in [0.3, 0.4) is 0 Å². The van der Waals surface area contributed by atoms with Crippen molar-refractivity contribution < 1.29 is 5.11 Å². The second kappa shape index (κ2) is 4.31. The van der Waals surface area contributed by atoms with Crippen LogP contribution in [0.25, 0.3) is 0 Å². The molecule has 1 aromatic rings. The molecule has 0 heterocycles. The zero-order valence-electron chi connectivity index (χ0n) is 8.67. The molecule has 1 rings (SSSR count). The molecule has 1 unspecified atom stereocenters. The van der Waals surface area contributed by atoms with E-state index in [9.17, 15) is 5.11 Å². The highest BCUT2D eigenvalue weighted by atomic mass is 16.3. The van der Waals surface area contributed by atoms with Gasteiger partial charge in [-0.05, 0) is 36.5 Å². The van der Waals surface area contributed by atoms with Crippen LogP contribution in [-0.4, -0.2) is 5.11 Å². The van der Waals surface area contributed by atoms with Gasteiger partial charge in [-0.3, -0.25) is 0 Å². The molecule has 0 aliphatic heterocycles. The van der Waals surface area contributed by atoms with E-state index in [1.165, 1.54) is 12.0 Å². The van der Waals surface area contributed by atoms with Gasteiger partial charge in [0.15, 0.2) is 0 Å². The fraction of sp³-hybridized carbons (Fsp3) is 0.500. The summed E-state index contributed by atoms with van der Waals surface area (Å²) < 4.78 is 0. The van der Waals surface area contributed by atoms with Gasteiger partial charge in [-0.25, -0.2) is 0 Å². The number of benzene rings is 1. The van der Waals surface area contributed by atoms with Crippen LogP contribution in [0.5, 0.6) is 5.75 Å². The molecule has 0 bridgehead atoms. The van der Waals surface area contributed by atoms with Crippen LogP contribution in [-0.2, 0) is 6.42 Å². The van der Waals surface area contributed by atoms with Crippen molar-refractivity contribution in [3.8, 4) is 5.75 Å². The van der Waals surface area contributed by atoms with Gasteiger partial charge in [0.2, 0.25) is 0 Å². The number of hydrogen-bond acceptors (Lipinski definition) is 1. The van der Waals surface area contributed by atoms with Crippen molar-refractivity contribution in [2.45, 2.75) is 33.6 Å². The Bertz CT molecular complexity index is 278. The third-order valence-electron chi connectivity index (χ3n) is 2.68. The highest BCUT2D eigenvalue weighted by Crippen LogP contribution is 2.22. The van der Waals surface area contributed by atoms with E-state index in [-0.39, 0.29) is 0 Å². The molecule has 0 saturated carbocycles. The van der Waals surface area contributed by atoms with E-state index in [0.717, 1.165) is 12.0 Å². The fourth-order valence-electron chi connectivity index (χ4n) is 1.41. The van der Waals surface area contributed by atoms with E-state index in [0.29, 0.717) is 11.7 Å². The fourth-order valence-corrected chi connectivity index (χ4v) is 1.41. The van der Waals surface area contributed by atoms with Gasteiger partial charge >= 0.3 is 0 Å². The Morgan fingerprint density at radius 1 is 1.38 bits per heavy atom. The number of rotatable bonds is 3. The van der Waals surface area contributed by atoms with E-state index < -0.39 is 0 Å². The van der Waals surface area contributed by atoms with Gasteiger partial charge in [-0.2, -0.15) is 0 Å². The second-order valence-electron chi connectivity index (χ2n) is 3.78. The molecule has 0 spiro atoms. The number of phenolic OH excluding ortho intramolecular Hbond substituents is 1. The Labute approximate surface area is 80.4 Å². The minimum atomic E-state index is 0.417. The van der Waals surface area contributed by atoms with Crippen molar-refractivity contribution in [2.75, 3.05) is 0 Å². The lowest BCUT2D eigenvalue weighted by Crippen LogP contribution is -1.99. The molecule has 1 N–H and O–H groups in total. The molecule has 1 aromatic carbocycles. The Morgan fingerprint density at radius 3 is 2.69 bits per heavy atom. The molecule has 1 nitrogen and oxygen atoms in total. The largest absolute Gasteiger partial charge is 0.508 e. The van der Waals surface area contributed by atoms with Crippen LogP contribution >= 0.6 is 0 Å². The van der Waals surface area contributed by atoms with Crippen LogP contribution in [0.1, 0.15) is 31.4 Å². The SMILES string of the molecule is CCC(C)Cc1cccc(O)c1C. The van der Waals surface area contributed by atoms with Gasteiger partial charge < -0.3 is 5.11 Å². The first-order valence-corrected chi connectivity index (χ1v) is 4.92. The Kier molecular flexibility index (Phi) is 3.35. The summed E-state index contributed by atoms with van der Waals surface area (Å²) in [4.78, 5) is 0. The van der Waals surface area contributed by atoms with Crippen molar-refractivity contribution in [3.05, 3.63) is 29.3 Å². The Balaban J connectivity index is 2.83. The monoisotopic (exact) mass is 178 g/mol. The first-order chi connectivity index (χ1) is 6.15. The Morgan fingerprint density at radius 2 is 2.08 bits per heavy atom. The molecule has 1 heteroatoms. The summed E-state index contributed by atoms with van der Waals surface area (Å²) >= 11 is 0. The molecule has 0 aliphatic rings. The van der Waals surface area contributed by atoms with Crippen LogP contribution in [0.15, 0.2) is 18.2 Å². The standard InChI is InChI=1S/C12H18O/c1-4-9(2)8-11-6-5-7-12(13)10(11)3/h5-7,9,13H,4,8H2,1-3H3. The van der Waals surface area contributed by atoms with Crippen molar-refractivity contribution in [1.29, 1.82) is 0 Å². The van der Waals surface area contributed by atoms with Gasteiger partial charge in [0, 0.05) is 0 Å². The van der Waals surface area contributed by atoms with Crippen LogP contribution < -0.4 is 0 Å². The molecule has 0 saturated heterocycles.